The van der Waals surface area contributed by atoms with Gasteiger partial charge in [0, 0.05) is 38.4 Å². The Kier molecular flexibility index (Phi) is 5.05. The van der Waals surface area contributed by atoms with Crippen molar-refractivity contribution < 1.29 is 4.79 Å². The van der Waals surface area contributed by atoms with Crippen molar-refractivity contribution >= 4 is 5.91 Å². The van der Waals surface area contributed by atoms with Gasteiger partial charge in [0.15, 0.2) is 0 Å². The minimum atomic E-state index is -0.0337. The Bertz CT molecular complexity index is 304. The fourth-order valence-corrected chi connectivity index (χ4v) is 1.68. The Morgan fingerprint density at radius 1 is 1.62 bits per heavy atom. The molecule has 0 saturated heterocycles. The van der Waals surface area contributed by atoms with Crippen molar-refractivity contribution in [3.63, 3.8) is 0 Å². The lowest BCUT2D eigenvalue weighted by atomic mass is 10.1. The first-order chi connectivity index (χ1) is 7.69. The van der Waals surface area contributed by atoms with Gasteiger partial charge in [0.2, 0.25) is 5.91 Å². The van der Waals surface area contributed by atoms with Gasteiger partial charge in [0.05, 0.1) is 5.92 Å². The topological polar surface area (TPSA) is 62.1 Å². The molecular weight excluding hydrogens is 202 g/mol. The second kappa shape index (κ2) is 6.33. The second-order valence-corrected chi connectivity index (χ2v) is 4.05. The van der Waals surface area contributed by atoms with Gasteiger partial charge in [-0.2, -0.15) is 0 Å². The Morgan fingerprint density at radius 2 is 2.38 bits per heavy atom. The summed E-state index contributed by atoms with van der Waals surface area (Å²) in [6.07, 6.45) is 3.56. The Labute approximate surface area is 96.8 Å². The van der Waals surface area contributed by atoms with Crippen molar-refractivity contribution in [1.82, 2.24) is 9.88 Å². The van der Waals surface area contributed by atoms with Crippen molar-refractivity contribution in [3.05, 3.63) is 24.0 Å². The number of H-pyrrole nitrogens is 1. The number of carbonyl (C=O) groups excluding carboxylic acids is 1. The maximum atomic E-state index is 11.9. The first kappa shape index (κ1) is 12.8. The molecule has 0 aliphatic heterocycles. The van der Waals surface area contributed by atoms with Gasteiger partial charge in [0.25, 0.3) is 0 Å². The van der Waals surface area contributed by atoms with Crippen LogP contribution in [0.1, 0.15) is 19.0 Å². The number of amides is 1. The molecule has 3 N–H and O–H groups in total. The number of nitrogens with one attached hydrogen (secondary N) is 1. The maximum Gasteiger partial charge on any atom is 0.226 e. The summed E-state index contributed by atoms with van der Waals surface area (Å²) in [5, 5.41) is 0. The van der Waals surface area contributed by atoms with Crippen molar-refractivity contribution in [2.75, 3.05) is 20.1 Å². The van der Waals surface area contributed by atoms with Crippen LogP contribution in [0.25, 0.3) is 0 Å². The third-order valence-corrected chi connectivity index (χ3v) is 2.88. The van der Waals surface area contributed by atoms with E-state index in [2.05, 4.69) is 4.98 Å². The molecule has 0 saturated carbocycles. The summed E-state index contributed by atoms with van der Waals surface area (Å²) in [7, 11) is 1.84. The van der Waals surface area contributed by atoms with Gasteiger partial charge in [-0.05, 0) is 18.6 Å². The standard InChI is InChI=1S/C12H21N3O/c1-3-10(9-13)12(16)15(2)8-6-11-5-4-7-14-11/h4-5,7,10,14H,3,6,8-9,13H2,1-2H3. The molecule has 90 valence electrons. The van der Waals surface area contributed by atoms with Crippen molar-refractivity contribution in [1.29, 1.82) is 0 Å². The minimum Gasteiger partial charge on any atom is -0.365 e. The fourth-order valence-electron chi connectivity index (χ4n) is 1.68. The van der Waals surface area contributed by atoms with Gasteiger partial charge in [-0.15, -0.1) is 0 Å². The van der Waals surface area contributed by atoms with E-state index in [1.54, 1.807) is 4.90 Å². The van der Waals surface area contributed by atoms with Crippen LogP contribution in [-0.4, -0.2) is 35.9 Å². The molecule has 0 aliphatic rings. The minimum absolute atomic E-state index is 0.0337. The fraction of sp³-hybridized carbons (Fsp3) is 0.583. The zero-order valence-corrected chi connectivity index (χ0v) is 10.1. The Morgan fingerprint density at radius 3 is 2.88 bits per heavy atom. The summed E-state index contributed by atoms with van der Waals surface area (Å²) >= 11 is 0. The number of nitrogens with two attached hydrogens (primary N) is 1. The second-order valence-electron chi connectivity index (χ2n) is 4.05. The third kappa shape index (κ3) is 3.38. The molecule has 0 fully saturated rings. The largest absolute Gasteiger partial charge is 0.365 e. The predicted octanol–water partition coefficient (Wildman–Crippen LogP) is 1.00. The van der Waals surface area contributed by atoms with E-state index >= 15 is 0 Å². The summed E-state index contributed by atoms with van der Waals surface area (Å²) in [6, 6.07) is 3.99. The van der Waals surface area contributed by atoms with Gasteiger partial charge in [0.1, 0.15) is 0 Å². The summed E-state index contributed by atoms with van der Waals surface area (Å²) in [5.74, 6) is 0.116. The smallest absolute Gasteiger partial charge is 0.226 e. The molecule has 16 heavy (non-hydrogen) atoms. The van der Waals surface area contributed by atoms with Crippen LogP contribution in [0, 0.1) is 5.92 Å². The molecule has 1 heterocycles. The van der Waals surface area contributed by atoms with E-state index in [-0.39, 0.29) is 11.8 Å². The van der Waals surface area contributed by atoms with E-state index in [9.17, 15) is 4.79 Å². The van der Waals surface area contributed by atoms with Crippen LogP contribution in [0.3, 0.4) is 0 Å². The number of rotatable bonds is 6. The highest BCUT2D eigenvalue weighted by Gasteiger charge is 2.18. The van der Waals surface area contributed by atoms with Crippen molar-refractivity contribution in [2.45, 2.75) is 19.8 Å². The molecule has 1 amide bonds. The van der Waals surface area contributed by atoms with E-state index in [0.717, 1.165) is 25.1 Å². The summed E-state index contributed by atoms with van der Waals surface area (Å²) < 4.78 is 0. The molecule has 0 aliphatic carbocycles. The van der Waals surface area contributed by atoms with Crippen LogP contribution in [0.4, 0.5) is 0 Å². The highest BCUT2D eigenvalue weighted by Crippen LogP contribution is 2.06. The molecule has 1 aromatic rings. The van der Waals surface area contributed by atoms with E-state index in [1.165, 1.54) is 0 Å². The summed E-state index contributed by atoms with van der Waals surface area (Å²) in [6.45, 7) is 3.16. The van der Waals surface area contributed by atoms with Crippen LogP contribution in [0.2, 0.25) is 0 Å². The molecule has 0 spiro atoms. The predicted molar refractivity (Wildman–Crippen MR) is 65.0 cm³/mol. The monoisotopic (exact) mass is 223 g/mol. The lowest BCUT2D eigenvalue weighted by Gasteiger charge is -2.21. The number of aromatic nitrogens is 1. The first-order valence-electron chi connectivity index (χ1n) is 5.76. The van der Waals surface area contributed by atoms with Crippen molar-refractivity contribution in [2.24, 2.45) is 11.7 Å². The number of carbonyl (C=O) groups is 1. The van der Waals surface area contributed by atoms with Crippen LogP contribution in [0.15, 0.2) is 18.3 Å². The van der Waals surface area contributed by atoms with E-state index in [4.69, 9.17) is 5.73 Å². The zero-order chi connectivity index (χ0) is 12.0. The average Bonchev–Trinajstić information content (AvgIpc) is 2.80. The van der Waals surface area contributed by atoms with Gasteiger partial charge >= 0.3 is 0 Å². The zero-order valence-electron chi connectivity index (χ0n) is 10.1. The molecule has 0 bridgehead atoms. The quantitative estimate of drug-likeness (QED) is 0.755. The molecule has 4 heteroatoms. The molecule has 4 nitrogen and oxygen atoms in total. The lowest BCUT2D eigenvalue weighted by molar-refractivity contribution is -0.133. The van der Waals surface area contributed by atoms with E-state index < -0.39 is 0 Å². The summed E-state index contributed by atoms with van der Waals surface area (Å²) in [5.41, 5.74) is 6.71. The molecule has 1 unspecified atom stereocenters. The maximum absolute atomic E-state index is 11.9. The van der Waals surface area contributed by atoms with E-state index in [0.29, 0.717) is 6.54 Å². The number of aromatic amines is 1. The molecule has 0 radical (unpaired) electrons. The van der Waals surface area contributed by atoms with Gasteiger partial charge < -0.3 is 15.6 Å². The summed E-state index contributed by atoms with van der Waals surface area (Å²) in [4.78, 5) is 16.8. The SMILES string of the molecule is CCC(CN)C(=O)N(C)CCc1ccc[nH]1. The number of nitrogens with zero attached hydrogens (tertiary/aromatic N) is 1. The molecule has 1 aromatic heterocycles. The Balaban J connectivity index is 2.39. The van der Waals surface area contributed by atoms with Gasteiger partial charge in [-0.1, -0.05) is 6.92 Å². The van der Waals surface area contributed by atoms with Gasteiger partial charge in [-0.3, -0.25) is 4.79 Å². The van der Waals surface area contributed by atoms with E-state index in [1.807, 2.05) is 32.3 Å². The highest BCUT2D eigenvalue weighted by molar-refractivity contribution is 5.78. The van der Waals surface area contributed by atoms with Crippen LogP contribution in [-0.2, 0) is 11.2 Å². The molecule has 1 rings (SSSR count). The molecule has 0 aromatic carbocycles. The highest BCUT2D eigenvalue weighted by atomic mass is 16.2. The van der Waals surface area contributed by atoms with Crippen LogP contribution in [0.5, 0.6) is 0 Å². The van der Waals surface area contributed by atoms with Gasteiger partial charge in [-0.25, -0.2) is 0 Å². The third-order valence-electron chi connectivity index (χ3n) is 2.88. The van der Waals surface area contributed by atoms with Crippen molar-refractivity contribution in [3.8, 4) is 0 Å². The number of hydrogen-bond donors (Lipinski definition) is 2. The van der Waals surface area contributed by atoms with Crippen LogP contribution >= 0.6 is 0 Å². The Hall–Kier alpha value is -1.29. The first-order valence-corrected chi connectivity index (χ1v) is 5.76. The normalized spacial score (nSPS) is 12.4. The molecule has 1 atom stereocenters. The molecular formula is C12H21N3O. The average molecular weight is 223 g/mol. The lowest BCUT2D eigenvalue weighted by Crippen LogP contribution is -2.37. The number of hydrogen-bond acceptors (Lipinski definition) is 2. The number of likely N-dealkylation sites (N-methyl/N-ethyl adjacent to an activating group) is 1. The van der Waals surface area contributed by atoms with Crippen LogP contribution < -0.4 is 5.73 Å².